The average molecular weight is 315 g/mol. The van der Waals surface area contributed by atoms with Crippen molar-refractivity contribution in [1.82, 2.24) is 20.3 Å². The Kier molecular flexibility index (Phi) is 4.18. The number of amides is 2. The van der Waals surface area contributed by atoms with E-state index < -0.39 is 11.8 Å². The average Bonchev–Trinajstić information content (AvgIpc) is 3.31. The number of carbonyl (C=O) groups excluding carboxylic acids is 2. The lowest BCUT2D eigenvalue weighted by Gasteiger charge is -2.15. The Labute approximate surface area is 130 Å². The van der Waals surface area contributed by atoms with Gasteiger partial charge in [-0.05, 0) is 18.2 Å². The molecule has 0 aromatic carbocycles. The molecule has 0 aliphatic heterocycles. The van der Waals surface area contributed by atoms with Crippen LogP contribution in [0, 0.1) is 0 Å². The molecule has 9 nitrogen and oxygen atoms in total. The first-order valence-corrected chi connectivity index (χ1v) is 6.76. The lowest BCUT2D eigenvalue weighted by atomic mass is 10.2. The Morgan fingerprint density at radius 1 is 1.22 bits per heavy atom. The zero-order chi connectivity index (χ0) is 16.1. The van der Waals surface area contributed by atoms with Gasteiger partial charge in [-0.1, -0.05) is 5.16 Å². The maximum absolute atomic E-state index is 11.9. The second-order valence-corrected chi connectivity index (χ2v) is 4.57. The lowest BCUT2D eigenvalue weighted by molar-refractivity contribution is -0.136. The molecule has 1 unspecified atom stereocenters. The van der Waals surface area contributed by atoms with Gasteiger partial charge in [-0.15, -0.1) is 0 Å². The zero-order valence-corrected chi connectivity index (χ0v) is 11.9. The number of rotatable bonds is 5. The summed E-state index contributed by atoms with van der Waals surface area (Å²) in [5.41, 5.74) is 0. The van der Waals surface area contributed by atoms with Crippen LogP contribution in [0.2, 0.25) is 0 Å². The Bertz CT molecular complexity index is 715. The minimum atomic E-state index is -0.836. The highest BCUT2D eigenvalue weighted by molar-refractivity contribution is 6.39. The summed E-state index contributed by atoms with van der Waals surface area (Å²) in [6.45, 7) is 0.139. The van der Waals surface area contributed by atoms with E-state index in [2.05, 4.69) is 25.4 Å². The molecule has 3 heterocycles. The highest BCUT2D eigenvalue weighted by atomic mass is 16.5. The number of anilines is 1. The number of carbonyl (C=O) groups is 2. The van der Waals surface area contributed by atoms with E-state index >= 15 is 0 Å². The summed E-state index contributed by atoms with van der Waals surface area (Å²) in [4.78, 5) is 23.6. The number of nitrogens with zero attached hydrogens (tertiary/aromatic N) is 3. The van der Waals surface area contributed by atoms with Crippen molar-refractivity contribution in [1.29, 1.82) is 0 Å². The van der Waals surface area contributed by atoms with Crippen molar-refractivity contribution >= 4 is 17.6 Å². The van der Waals surface area contributed by atoms with E-state index in [1.165, 1.54) is 18.6 Å². The first-order valence-electron chi connectivity index (χ1n) is 6.76. The van der Waals surface area contributed by atoms with Crippen molar-refractivity contribution < 1.29 is 18.5 Å². The third-order valence-corrected chi connectivity index (χ3v) is 3.06. The number of furan rings is 1. The summed E-state index contributed by atoms with van der Waals surface area (Å²) in [5.74, 6) is -0.847. The smallest absolute Gasteiger partial charge is 0.314 e. The maximum Gasteiger partial charge on any atom is 0.314 e. The molecular weight excluding hydrogens is 302 g/mol. The minimum absolute atomic E-state index is 0.139. The van der Waals surface area contributed by atoms with E-state index in [9.17, 15) is 9.59 Å². The Morgan fingerprint density at radius 2 is 2.13 bits per heavy atom. The molecule has 0 fully saturated rings. The van der Waals surface area contributed by atoms with Crippen LogP contribution in [0.5, 0.6) is 0 Å². The standard InChI is InChI=1S/C14H13N5O4/c20-13(14(21)17-12-4-8-23-18-12)15-9-10(11-3-1-7-22-11)19-6-2-5-16-19/h1-8,10H,9H2,(H,15,20)(H,17,18,21). The maximum atomic E-state index is 11.9. The zero-order valence-electron chi connectivity index (χ0n) is 11.9. The summed E-state index contributed by atoms with van der Waals surface area (Å²) in [6, 6.07) is 6.35. The number of hydrogen-bond acceptors (Lipinski definition) is 6. The molecule has 3 aromatic heterocycles. The van der Waals surface area contributed by atoms with Crippen LogP contribution in [0.25, 0.3) is 0 Å². The fourth-order valence-corrected chi connectivity index (χ4v) is 1.99. The van der Waals surface area contributed by atoms with E-state index in [0.29, 0.717) is 5.76 Å². The summed E-state index contributed by atoms with van der Waals surface area (Å²) < 4.78 is 11.6. The van der Waals surface area contributed by atoms with Gasteiger partial charge in [0.25, 0.3) is 0 Å². The molecular formula is C14H13N5O4. The molecule has 2 amide bonds. The van der Waals surface area contributed by atoms with Gasteiger partial charge < -0.3 is 14.3 Å². The Balaban J connectivity index is 1.62. The third-order valence-electron chi connectivity index (χ3n) is 3.06. The van der Waals surface area contributed by atoms with E-state index in [0.717, 1.165) is 0 Å². The van der Waals surface area contributed by atoms with Crippen molar-refractivity contribution in [2.24, 2.45) is 0 Å². The van der Waals surface area contributed by atoms with Crippen molar-refractivity contribution in [3.05, 3.63) is 54.9 Å². The van der Waals surface area contributed by atoms with Crippen LogP contribution in [-0.2, 0) is 9.59 Å². The summed E-state index contributed by atoms with van der Waals surface area (Å²) in [7, 11) is 0. The van der Waals surface area contributed by atoms with Gasteiger partial charge in [0, 0.05) is 25.0 Å². The second-order valence-electron chi connectivity index (χ2n) is 4.57. The molecule has 0 spiro atoms. The van der Waals surface area contributed by atoms with Gasteiger partial charge in [0.2, 0.25) is 0 Å². The Morgan fingerprint density at radius 3 is 2.78 bits per heavy atom. The van der Waals surface area contributed by atoms with Gasteiger partial charge in [-0.3, -0.25) is 19.6 Å². The van der Waals surface area contributed by atoms with E-state index in [4.69, 9.17) is 4.42 Å². The number of hydrogen-bond donors (Lipinski definition) is 2. The van der Waals surface area contributed by atoms with Crippen molar-refractivity contribution in [2.45, 2.75) is 6.04 Å². The molecule has 9 heteroatoms. The van der Waals surface area contributed by atoms with Crippen LogP contribution in [0.1, 0.15) is 11.8 Å². The minimum Gasteiger partial charge on any atom is -0.467 e. The monoisotopic (exact) mass is 315 g/mol. The van der Waals surface area contributed by atoms with Crippen molar-refractivity contribution in [3.8, 4) is 0 Å². The number of nitrogens with one attached hydrogen (secondary N) is 2. The van der Waals surface area contributed by atoms with Gasteiger partial charge in [-0.25, -0.2) is 0 Å². The molecule has 0 saturated heterocycles. The summed E-state index contributed by atoms with van der Waals surface area (Å²) in [6.07, 6.45) is 6.19. The van der Waals surface area contributed by atoms with E-state index in [-0.39, 0.29) is 18.4 Å². The topological polar surface area (TPSA) is 115 Å². The highest BCUT2D eigenvalue weighted by Crippen LogP contribution is 2.17. The van der Waals surface area contributed by atoms with Crippen LogP contribution >= 0.6 is 0 Å². The van der Waals surface area contributed by atoms with Gasteiger partial charge in [0.15, 0.2) is 5.82 Å². The van der Waals surface area contributed by atoms with Crippen LogP contribution in [0.4, 0.5) is 5.82 Å². The lowest BCUT2D eigenvalue weighted by Crippen LogP contribution is -2.39. The molecule has 0 aliphatic rings. The van der Waals surface area contributed by atoms with Crippen LogP contribution in [0.3, 0.4) is 0 Å². The molecule has 3 rings (SSSR count). The fourth-order valence-electron chi connectivity index (χ4n) is 1.99. The second kappa shape index (κ2) is 6.60. The number of aromatic nitrogens is 3. The molecule has 0 saturated carbocycles. The fraction of sp³-hybridized carbons (Fsp3) is 0.143. The molecule has 0 aliphatic carbocycles. The van der Waals surface area contributed by atoms with Gasteiger partial charge >= 0.3 is 11.8 Å². The van der Waals surface area contributed by atoms with E-state index in [1.54, 1.807) is 35.3 Å². The van der Waals surface area contributed by atoms with Gasteiger partial charge in [0.05, 0.1) is 6.26 Å². The first-order chi connectivity index (χ1) is 11.2. The molecule has 0 bridgehead atoms. The molecule has 118 valence electrons. The quantitative estimate of drug-likeness (QED) is 0.673. The van der Waals surface area contributed by atoms with E-state index in [1.807, 2.05) is 0 Å². The predicted octanol–water partition coefficient (Wildman–Crippen LogP) is 0.808. The SMILES string of the molecule is O=C(NCC(c1ccco1)n1cccn1)C(=O)Nc1ccon1. The van der Waals surface area contributed by atoms with Crippen LogP contribution in [-0.4, -0.2) is 33.3 Å². The van der Waals surface area contributed by atoms with Crippen molar-refractivity contribution in [3.63, 3.8) is 0 Å². The molecule has 2 N–H and O–H groups in total. The van der Waals surface area contributed by atoms with Crippen molar-refractivity contribution in [2.75, 3.05) is 11.9 Å². The molecule has 1 atom stereocenters. The summed E-state index contributed by atoms with van der Waals surface area (Å²) >= 11 is 0. The molecule has 23 heavy (non-hydrogen) atoms. The largest absolute Gasteiger partial charge is 0.467 e. The van der Waals surface area contributed by atoms with Gasteiger partial charge in [-0.2, -0.15) is 5.10 Å². The summed E-state index contributed by atoms with van der Waals surface area (Å²) in [5, 5.41) is 12.5. The molecule has 0 radical (unpaired) electrons. The third kappa shape index (κ3) is 3.46. The normalized spacial score (nSPS) is 11.8. The van der Waals surface area contributed by atoms with Gasteiger partial charge in [0.1, 0.15) is 18.1 Å². The van der Waals surface area contributed by atoms with Crippen LogP contribution < -0.4 is 10.6 Å². The first kappa shape index (κ1) is 14.6. The highest BCUT2D eigenvalue weighted by Gasteiger charge is 2.21. The molecule has 3 aromatic rings. The predicted molar refractivity (Wildman–Crippen MR) is 77.2 cm³/mol. The Hall–Kier alpha value is -3.36. The van der Waals surface area contributed by atoms with Crippen LogP contribution in [0.15, 0.2) is 58.1 Å².